The Hall–Kier alpha value is -2.46. The van der Waals surface area contributed by atoms with Gasteiger partial charge in [0.05, 0.1) is 17.6 Å². The van der Waals surface area contributed by atoms with Crippen molar-refractivity contribution in [2.24, 2.45) is 11.0 Å². The quantitative estimate of drug-likeness (QED) is 0.296. The van der Waals surface area contributed by atoms with Gasteiger partial charge in [0.2, 0.25) is 10.0 Å². The Morgan fingerprint density at radius 3 is 2.63 bits per heavy atom. The normalized spacial score (nSPS) is 19.8. The lowest BCUT2D eigenvalue weighted by molar-refractivity contribution is 0.0293. The van der Waals surface area contributed by atoms with Crippen LogP contribution in [0.3, 0.4) is 0 Å². The molecule has 0 saturated carbocycles. The molecule has 2 fully saturated rings. The Labute approximate surface area is 207 Å². The van der Waals surface area contributed by atoms with E-state index < -0.39 is 10.0 Å². The number of sulfonamides is 1. The van der Waals surface area contributed by atoms with Crippen LogP contribution in [0.2, 0.25) is 0 Å². The van der Waals surface area contributed by atoms with Gasteiger partial charge in [-0.05, 0) is 66.2 Å². The molecule has 9 nitrogen and oxygen atoms in total. The Balaban J connectivity index is 1.32. The number of nitrogens with zero attached hydrogens (tertiary/aromatic N) is 4. The molecule has 0 radical (unpaired) electrons. The van der Waals surface area contributed by atoms with E-state index in [9.17, 15) is 8.42 Å². The third-order valence-corrected chi connectivity index (χ3v) is 8.25. The molecule has 1 unspecified atom stereocenters. The van der Waals surface area contributed by atoms with Crippen LogP contribution in [0.1, 0.15) is 18.4 Å². The van der Waals surface area contributed by atoms with Crippen molar-refractivity contribution in [1.82, 2.24) is 14.9 Å². The highest BCUT2D eigenvalue weighted by Gasteiger charge is 2.20. The van der Waals surface area contributed by atoms with E-state index >= 15 is 0 Å². The van der Waals surface area contributed by atoms with Gasteiger partial charge in [0.1, 0.15) is 0 Å². The lowest BCUT2D eigenvalue weighted by atomic mass is 9.95. The molecule has 0 aromatic heterocycles. The van der Waals surface area contributed by atoms with Crippen molar-refractivity contribution in [3.8, 4) is 11.1 Å². The fraction of sp³-hybridized carbons (Fsp3) is 0.520. The van der Waals surface area contributed by atoms with E-state index in [0.29, 0.717) is 25.6 Å². The van der Waals surface area contributed by atoms with Crippen molar-refractivity contribution >= 4 is 10.0 Å². The molecular weight excluding hydrogens is 464 g/mol. The molecular formula is C25H34N6O3S. The fourth-order valence-electron chi connectivity index (χ4n) is 4.76. The van der Waals surface area contributed by atoms with E-state index in [1.165, 1.54) is 5.56 Å². The lowest BCUT2D eigenvalue weighted by Gasteiger charge is -2.31. The topological polar surface area (TPSA) is 119 Å². The van der Waals surface area contributed by atoms with Crippen molar-refractivity contribution in [2.75, 3.05) is 52.4 Å². The van der Waals surface area contributed by atoms with Crippen LogP contribution in [0.15, 0.2) is 58.5 Å². The number of nitrogens with one attached hydrogen (secondary N) is 2. The molecule has 0 aliphatic carbocycles. The van der Waals surface area contributed by atoms with Crippen LogP contribution < -0.4 is 10.0 Å². The van der Waals surface area contributed by atoms with Crippen LogP contribution >= 0.6 is 0 Å². The van der Waals surface area contributed by atoms with Gasteiger partial charge in [-0.25, -0.2) is 13.1 Å². The zero-order valence-corrected chi connectivity index (χ0v) is 20.8. The zero-order chi connectivity index (χ0) is 24.5. The maximum atomic E-state index is 12.8. The molecule has 188 valence electrons. The molecule has 2 saturated heterocycles. The van der Waals surface area contributed by atoms with Gasteiger partial charge in [-0.2, -0.15) is 0 Å². The second-order valence-electron chi connectivity index (χ2n) is 9.18. The summed E-state index contributed by atoms with van der Waals surface area (Å²) in [5, 5.41) is 7.04. The first-order valence-electron chi connectivity index (χ1n) is 12.3. The first-order chi connectivity index (χ1) is 17.0. The SMILES string of the molecule is [N-]=[N+]=NCC1CCN(CCNS(=O)(=O)c2ccc(-c3ccccc3CC3CNCCO3)cc2)CC1. The van der Waals surface area contributed by atoms with Gasteiger partial charge in [-0.1, -0.05) is 41.5 Å². The highest BCUT2D eigenvalue weighted by molar-refractivity contribution is 7.89. The first-order valence-corrected chi connectivity index (χ1v) is 13.8. The predicted octanol–water partition coefficient (Wildman–Crippen LogP) is 3.19. The van der Waals surface area contributed by atoms with E-state index in [2.05, 4.69) is 37.1 Å². The van der Waals surface area contributed by atoms with Gasteiger partial charge in [0.15, 0.2) is 0 Å². The van der Waals surface area contributed by atoms with Crippen LogP contribution in [0.25, 0.3) is 21.6 Å². The minimum Gasteiger partial charge on any atom is -0.375 e. The summed E-state index contributed by atoms with van der Waals surface area (Å²) in [6, 6.07) is 15.3. The van der Waals surface area contributed by atoms with Gasteiger partial charge in [0, 0.05) is 44.1 Å². The van der Waals surface area contributed by atoms with Crippen molar-refractivity contribution in [3.05, 3.63) is 64.5 Å². The van der Waals surface area contributed by atoms with Gasteiger partial charge in [0.25, 0.3) is 0 Å². The van der Waals surface area contributed by atoms with Crippen LogP contribution in [0.5, 0.6) is 0 Å². The molecule has 2 heterocycles. The highest BCUT2D eigenvalue weighted by Crippen LogP contribution is 2.26. The lowest BCUT2D eigenvalue weighted by Crippen LogP contribution is -2.40. The fourth-order valence-corrected chi connectivity index (χ4v) is 5.78. The third-order valence-electron chi connectivity index (χ3n) is 6.78. The Kier molecular flexibility index (Phi) is 9.14. The number of morpholine rings is 1. The summed E-state index contributed by atoms with van der Waals surface area (Å²) in [4.78, 5) is 5.35. The number of benzene rings is 2. The van der Waals surface area contributed by atoms with Crippen molar-refractivity contribution in [3.63, 3.8) is 0 Å². The molecule has 0 amide bonds. The molecule has 10 heteroatoms. The molecule has 0 bridgehead atoms. The van der Waals surface area contributed by atoms with Crippen LogP contribution in [0.4, 0.5) is 0 Å². The minimum atomic E-state index is -3.58. The number of ether oxygens (including phenoxy) is 1. The summed E-state index contributed by atoms with van der Waals surface area (Å²) in [7, 11) is -3.58. The summed E-state index contributed by atoms with van der Waals surface area (Å²) < 4.78 is 34.2. The Morgan fingerprint density at radius 2 is 1.91 bits per heavy atom. The van der Waals surface area contributed by atoms with Crippen LogP contribution in [-0.2, 0) is 21.2 Å². The van der Waals surface area contributed by atoms with Gasteiger partial charge in [-0.15, -0.1) is 0 Å². The number of piperidine rings is 1. The van der Waals surface area contributed by atoms with Crippen LogP contribution in [0, 0.1) is 5.92 Å². The summed E-state index contributed by atoms with van der Waals surface area (Å²) >= 11 is 0. The van der Waals surface area contributed by atoms with E-state index in [1.54, 1.807) is 12.1 Å². The molecule has 4 rings (SSSR count). The number of hydrogen-bond donors (Lipinski definition) is 2. The number of likely N-dealkylation sites (tertiary alicyclic amines) is 1. The van der Waals surface area contributed by atoms with Gasteiger partial charge in [-0.3, -0.25) is 0 Å². The van der Waals surface area contributed by atoms with Crippen molar-refractivity contribution < 1.29 is 13.2 Å². The number of azide groups is 1. The van der Waals surface area contributed by atoms with E-state index in [0.717, 1.165) is 63.2 Å². The molecule has 2 aliphatic rings. The van der Waals surface area contributed by atoms with Gasteiger partial charge >= 0.3 is 0 Å². The summed E-state index contributed by atoms with van der Waals surface area (Å²) in [6.07, 6.45) is 2.90. The molecule has 2 aromatic rings. The first kappa shape index (κ1) is 25.6. The molecule has 2 aromatic carbocycles. The molecule has 35 heavy (non-hydrogen) atoms. The standard InChI is InChI=1S/C25H34N6O3S/c26-30-28-18-20-9-13-31(14-10-20)15-11-29-35(32,33)24-7-5-21(6-8-24)25-4-2-1-3-22(25)17-23-19-27-12-16-34-23/h1-8,20,23,27,29H,9-19H2. The van der Waals surface area contributed by atoms with Crippen molar-refractivity contribution in [1.29, 1.82) is 0 Å². The predicted molar refractivity (Wildman–Crippen MR) is 137 cm³/mol. The summed E-state index contributed by atoms with van der Waals surface area (Å²) in [5.74, 6) is 0.425. The second-order valence-corrected chi connectivity index (χ2v) is 10.9. The molecule has 2 aliphatic heterocycles. The van der Waals surface area contributed by atoms with Gasteiger partial charge < -0.3 is 15.0 Å². The minimum absolute atomic E-state index is 0.144. The highest BCUT2D eigenvalue weighted by atomic mass is 32.2. The van der Waals surface area contributed by atoms with E-state index in [1.807, 2.05) is 24.3 Å². The third kappa shape index (κ3) is 7.27. The summed E-state index contributed by atoms with van der Waals surface area (Å²) in [6.45, 7) is 5.81. The van der Waals surface area contributed by atoms with Crippen molar-refractivity contribution in [2.45, 2.75) is 30.3 Å². The Morgan fingerprint density at radius 1 is 1.14 bits per heavy atom. The number of hydrogen-bond acceptors (Lipinski definition) is 6. The largest absolute Gasteiger partial charge is 0.375 e. The number of rotatable bonds is 10. The molecule has 1 atom stereocenters. The van der Waals surface area contributed by atoms with Crippen LogP contribution in [-0.4, -0.2) is 71.8 Å². The monoisotopic (exact) mass is 498 g/mol. The molecule has 0 spiro atoms. The van der Waals surface area contributed by atoms with E-state index in [4.69, 9.17) is 10.3 Å². The second kappa shape index (κ2) is 12.5. The molecule has 2 N–H and O–H groups in total. The maximum Gasteiger partial charge on any atom is 0.240 e. The maximum absolute atomic E-state index is 12.8. The van der Waals surface area contributed by atoms with E-state index in [-0.39, 0.29) is 11.0 Å². The zero-order valence-electron chi connectivity index (χ0n) is 20.0. The average molecular weight is 499 g/mol. The average Bonchev–Trinajstić information content (AvgIpc) is 2.89. The smallest absolute Gasteiger partial charge is 0.240 e. The summed E-state index contributed by atoms with van der Waals surface area (Å²) in [5.41, 5.74) is 11.7. The Bertz CT molecular complexity index is 1100.